The summed E-state index contributed by atoms with van der Waals surface area (Å²) in [6, 6.07) is 2.84. The van der Waals surface area contributed by atoms with Gasteiger partial charge in [0.25, 0.3) is 0 Å². The molecule has 0 atom stereocenters. The number of carbonyl (C=O) groups excluding carboxylic acids is 1. The van der Waals surface area contributed by atoms with Crippen molar-refractivity contribution in [1.29, 1.82) is 0 Å². The van der Waals surface area contributed by atoms with Crippen LogP contribution in [0, 0.1) is 0 Å². The summed E-state index contributed by atoms with van der Waals surface area (Å²) in [5.74, 6) is -1.57. The first-order valence-corrected chi connectivity index (χ1v) is 6.34. The van der Waals surface area contributed by atoms with E-state index < -0.39 is 11.9 Å². The van der Waals surface area contributed by atoms with Crippen molar-refractivity contribution in [3.05, 3.63) is 39.3 Å². The van der Waals surface area contributed by atoms with Gasteiger partial charge in [-0.15, -0.1) is 11.3 Å². The summed E-state index contributed by atoms with van der Waals surface area (Å²) >= 11 is 6.85. The molecule has 0 radical (unpaired) electrons. The van der Waals surface area contributed by atoms with Crippen LogP contribution < -0.4 is 0 Å². The van der Waals surface area contributed by atoms with Crippen LogP contribution >= 0.6 is 22.9 Å². The Kier molecular flexibility index (Phi) is 3.82. The number of aromatic nitrogens is 1. The Morgan fingerprint density at radius 2 is 2.16 bits per heavy atom. The van der Waals surface area contributed by atoms with Crippen molar-refractivity contribution in [3.63, 3.8) is 0 Å². The number of pyridine rings is 1. The fourth-order valence-corrected chi connectivity index (χ4v) is 2.50. The Morgan fingerprint density at radius 3 is 2.79 bits per heavy atom. The van der Waals surface area contributed by atoms with Gasteiger partial charge in [-0.1, -0.05) is 11.6 Å². The smallest absolute Gasteiger partial charge is 0.348 e. The van der Waals surface area contributed by atoms with E-state index in [0.717, 1.165) is 0 Å². The van der Waals surface area contributed by atoms with Crippen molar-refractivity contribution < 1.29 is 19.4 Å². The highest BCUT2D eigenvalue weighted by Crippen LogP contribution is 2.29. The van der Waals surface area contributed by atoms with E-state index in [-0.39, 0.29) is 10.7 Å². The van der Waals surface area contributed by atoms with Crippen molar-refractivity contribution in [2.24, 2.45) is 0 Å². The van der Waals surface area contributed by atoms with Crippen LogP contribution in [0.5, 0.6) is 0 Å². The molecule has 1 N–H and O–H groups in total. The Balaban J connectivity index is 2.50. The van der Waals surface area contributed by atoms with Gasteiger partial charge >= 0.3 is 11.9 Å². The van der Waals surface area contributed by atoms with Crippen molar-refractivity contribution in [1.82, 2.24) is 4.98 Å². The number of hydrogen-bond acceptors (Lipinski definition) is 5. The fourth-order valence-electron chi connectivity index (χ4n) is 1.52. The third-order valence-electron chi connectivity index (χ3n) is 2.40. The van der Waals surface area contributed by atoms with Crippen LogP contribution in [0.4, 0.5) is 0 Å². The minimum Gasteiger partial charge on any atom is -0.478 e. The number of rotatable bonds is 3. The van der Waals surface area contributed by atoms with Crippen molar-refractivity contribution in [2.45, 2.75) is 0 Å². The number of carbonyl (C=O) groups is 2. The summed E-state index contributed by atoms with van der Waals surface area (Å²) in [4.78, 5) is 26.8. The Bertz CT molecular complexity index is 653. The number of halogens is 1. The monoisotopic (exact) mass is 297 g/mol. The molecule has 7 heteroatoms. The molecule has 0 aliphatic rings. The molecule has 0 bridgehead atoms. The number of thiophene rings is 1. The van der Waals surface area contributed by atoms with Crippen molar-refractivity contribution in [2.75, 3.05) is 7.11 Å². The average molecular weight is 298 g/mol. The van der Waals surface area contributed by atoms with Gasteiger partial charge in [0.15, 0.2) is 0 Å². The van der Waals surface area contributed by atoms with Crippen LogP contribution in [0.3, 0.4) is 0 Å². The molecule has 0 amide bonds. The van der Waals surface area contributed by atoms with Crippen LogP contribution in [-0.4, -0.2) is 29.1 Å². The number of carboxylic acids is 1. The third-order valence-corrected chi connectivity index (χ3v) is 3.51. The second kappa shape index (κ2) is 5.38. The maximum atomic E-state index is 11.4. The highest BCUT2D eigenvalue weighted by molar-refractivity contribution is 7.12. The summed E-state index contributed by atoms with van der Waals surface area (Å²) in [5.41, 5.74) is 1.03. The van der Waals surface area contributed by atoms with E-state index in [1.54, 1.807) is 11.4 Å². The highest BCUT2D eigenvalue weighted by atomic mass is 35.5. The van der Waals surface area contributed by atoms with E-state index in [2.05, 4.69) is 9.72 Å². The van der Waals surface area contributed by atoms with Crippen LogP contribution in [0.1, 0.15) is 20.0 Å². The third kappa shape index (κ3) is 2.74. The van der Waals surface area contributed by atoms with Crippen LogP contribution in [0.2, 0.25) is 5.15 Å². The molecular weight excluding hydrogens is 290 g/mol. The van der Waals surface area contributed by atoms with Gasteiger partial charge < -0.3 is 9.84 Å². The zero-order valence-electron chi connectivity index (χ0n) is 9.71. The van der Waals surface area contributed by atoms with E-state index in [1.807, 2.05) is 0 Å². The lowest BCUT2D eigenvalue weighted by Gasteiger charge is -2.03. The minimum absolute atomic E-state index is 0.0363. The van der Waals surface area contributed by atoms with Gasteiger partial charge in [0, 0.05) is 11.8 Å². The van der Waals surface area contributed by atoms with Crippen molar-refractivity contribution >= 4 is 34.9 Å². The molecule has 0 aliphatic carbocycles. The van der Waals surface area contributed by atoms with Gasteiger partial charge in [0.05, 0.1) is 12.7 Å². The number of methoxy groups -OCH3 is 1. The maximum Gasteiger partial charge on any atom is 0.348 e. The molecule has 5 nitrogen and oxygen atoms in total. The number of hydrogen-bond donors (Lipinski definition) is 1. The first-order chi connectivity index (χ1) is 9.02. The number of aromatic carboxylic acids is 1. The molecule has 0 aromatic carbocycles. The molecule has 2 aromatic rings. The second-order valence-corrected chi connectivity index (χ2v) is 4.85. The van der Waals surface area contributed by atoms with E-state index >= 15 is 0 Å². The van der Waals surface area contributed by atoms with Gasteiger partial charge in [0.1, 0.15) is 10.0 Å². The van der Waals surface area contributed by atoms with Gasteiger partial charge in [-0.25, -0.2) is 14.6 Å². The van der Waals surface area contributed by atoms with Gasteiger partial charge in [-0.3, -0.25) is 0 Å². The molecule has 2 heterocycles. The lowest BCUT2D eigenvalue weighted by molar-refractivity contribution is 0.0605. The predicted molar refractivity (Wildman–Crippen MR) is 70.9 cm³/mol. The molecule has 0 aliphatic heterocycles. The molecule has 2 rings (SSSR count). The highest BCUT2D eigenvalue weighted by Gasteiger charge is 2.16. The molecule has 2 aromatic heterocycles. The van der Waals surface area contributed by atoms with Crippen LogP contribution in [-0.2, 0) is 4.74 Å². The summed E-state index contributed by atoms with van der Waals surface area (Å²) in [6.45, 7) is 0. The van der Waals surface area contributed by atoms with E-state index in [1.165, 1.54) is 30.7 Å². The van der Waals surface area contributed by atoms with Crippen LogP contribution in [0.25, 0.3) is 11.1 Å². The lowest BCUT2D eigenvalue weighted by Crippen LogP contribution is -2.00. The molecule has 0 spiro atoms. The van der Waals surface area contributed by atoms with Gasteiger partial charge in [-0.2, -0.15) is 0 Å². The largest absolute Gasteiger partial charge is 0.478 e. The van der Waals surface area contributed by atoms with Crippen molar-refractivity contribution in [3.8, 4) is 11.1 Å². The molecule has 19 heavy (non-hydrogen) atoms. The van der Waals surface area contributed by atoms with E-state index in [9.17, 15) is 9.59 Å². The molecular formula is C12H8ClNO4S. The Labute approximate surface area is 117 Å². The van der Waals surface area contributed by atoms with Crippen LogP contribution in [0.15, 0.2) is 23.7 Å². The predicted octanol–water partition coefficient (Wildman–Crippen LogP) is 2.95. The Hall–Kier alpha value is -1.92. The quantitative estimate of drug-likeness (QED) is 0.696. The SMILES string of the molecule is COC(=O)c1cc(-c2cnc(Cl)cc2C(=O)O)cs1. The standard InChI is InChI=1S/C12H8ClNO4S/c1-18-12(17)9-2-6(5-19-9)8-4-14-10(13)3-7(8)11(15)16/h2-5H,1H3,(H,15,16). The number of esters is 1. The minimum atomic E-state index is -1.11. The summed E-state index contributed by atoms with van der Waals surface area (Å²) in [7, 11) is 1.29. The molecule has 0 saturated carbocycles. The van der Waals surface area contributed by atoms with Gasteiger partial charge in [0.2, 0.25) is 0 Å². The lowest BCUT2D eigenvalue weighted by atomic mass is 10.1. The first kappa shape index (κ1) is 13.5. The topological polar surface area (TPSA) is 76.5 Å². The summed E-state index contributed by atoms with van der Waals surface area (Å²) < 4.78 is 4.60. The number of carboxylic acid groups (broad SMARTS) is 1. The number of ether oxygens (including phenoxy) is 1. The normalized spacial score (nSPS) is 10.2. The summed E-state index contributed by atoms with van der Waals surface area (Å²) in [5, 5.41) is 10.9. The first-order valence-electron chi connectivity index (χ1n) is 5.09. The molecule has 0 saturated heterocycles. The average Bonchev–Trinajstić information content (AvgIpc) is 2.87. The molecule has 98 valence electrons. The van der Waals surface area contributed by atoms with Gasteiger partial charge in [-0.05, 0) is 23.1 Å². The Morgan fingerprint density at radius 1 is 1.42 bits per heavy atom. The maximum absolute atomic E-state index is 11.4. The zero-order valence-corrected chi connectivity index (χ0v) is 11.3. The summed E-state index contributed by atoms with van der Waals surface area (Å²) in [6.07, 6.45) is 1.37. The molecule has 0 unspecified atom stereocenters. The van der Waals surface area contributed by atoms with E-state index in [4.69, 9.17) is 16.7 Å². The van der Waals surface area contributed by atoms with E-state index in [0.29, 0.717) is 16.0 Å². The zero-order chi connectivity index (χ0) is 14.0. The molecule has 0 fully saturated rings. The second-order valence-electron chi connectivity index (χ2n) is 3.55. The number of nitrogens with zero attached hydrogens (tertiary/aromatic N) is 1. The fraction of sp³-hybridized carbons (Fsp3) is 0.0833.